The van der Waals surface area contributed by atoms with Crippen LogP contribution in [0.15, 0.2) is 12.7 Å². The van der Waals surface area contributed by atoms with Gasteiger partial charge >= 0.3 is 0 Å². The number of nitrogens with one attached hydrogen (secondary N) is 1. The van der Waals surface area contributed by atoms with E-state index in [-0.39, 0.29) is 5.95 Å². The van der Waals surface area contributed by atoms with E-state index in [1.807, 2.05) is 0 Å². The molecule has 2 aromatic rings. The second-order valence-corrected chi connectivity index (χ2v) is 5.53. The van der Waals surface area contributed by atoms with Gasteiger partial charge in [-0.3, -0.25) is 0 Å². The van der Waals surface area contributed by atoms with E-state index in [2.05, 4.69) is 37.3 Å². The molecule has 3 N–H and O–H groups in total. The summed E-state index contributed by atoms with van der Waals surface area (Å²) in [4.78, 5) is 16.4. The van der Waals surface area contributed by atoms with Crippen LogP contribution in [0.25, 0.3) is 5.95 Å². The Kier molecular flexibility index (Phi) is 3.21. The minimum absolute atomic E-state index is 0.171. The van der Waals surface area contributed by atoms with Gasteiger partial charge < -0.3 is 11.1 Å². The van der Waals surface area contributed by atoms with Crippen molar-refractivity contribution in [1.29, 1.82) is 0 Å². The first kappa shape index (κ1) is 12.8. The topological polar surface area (TPSA) is 107 Å². The summed E-state index contributed by atoms with van der Waals surface area (Å²) in [7, 11) is 0. The van der Waals surface area contributed by atoms with Crippen molar-refractivity contribution in [3.63, 3.8) is 0 Å². The van der Waals surface area contributed by atoms with Gasteiger partial charge in [-0.15, -0.1) is 0 Å². The summed E-state index contributed by atoms with van der Waals surface area (Å²) in [5, 5.41) is 7.26. The van der Waals surface area contributed by atoms with E-state index in [4.69, 9.17) is 5.73 Å². The van der Waals surface area contributed by atoms with Crippen LogP contribution < -0.4 is 11.1 Å². The van der Waals surface area contributed by atoms with E-state index in [9.17, 15) is 0 Å². The minimum atomic E-state index is 0.171. The van der Waals surface area contributed by atoms with Gasteiger partial charge in [0.05, 0.1) is 0 Å². The lowest BCUT2D eigenvalue weighted by atomic mass is 9.89. The molecule has 0 radical (unpaired) electrons. The molecular weight excluding hydrogens is 256 g/mol. The van der Waals surface area contributed by atoms with Crippen LogP contribution in [0, 0.1) is 5.41 Å². The van der Waals surface area contributed by atoms with Crippen molar-refractivity contribution in [1.82, 2.24) is 29.7 Å². The molecule has 0 atom stereocenters. The average molecular weight is 274 g/mol. The first-order chi connectivity index (χ1) is 9.65. The predicted octanol–water partition coefficient (Wildman–Crippen LogP) is 1.03. The predicted molar refractivity (Wildman–Crippen MR) is 74.2 cm³/mol. The Balaban J connectivity index is 1.76. The summed E-state index contributed by atoms with van der Waals surface area (Å²) < 4.78 is 1.46. The molecule has 8 heteroatoms. The molecule has 20 heavy (non-hydrogen) atoms. The van der Waals surface area contributed by atoms with Gasteiger partial charge in [0.2, 0.25) is 11.9 Å². The van der Waals surface area contributed by atoms with Gasteiger partial charge in [0, 0.05) is 6.54 Å². The van der Waals surface area contributed by atoms with Crippen molar-refractivity contribution in [2.75, 3.05) is 17.6 Å². The normalized spacial score (nSPS) is 17.2. The monoisotopic (exact) mass is 274 g/mol. The maximum Gasteiger partial charge on any atom is 0.258 e. The molecule has 2 heterocycles. The lowest BCUT2D eigenvalue weighted by Crippen LogP contribution is -2.24. The molecular formula is C12H18N8. The number of rotatable bonds is 4. The minimum Gasteiger partial charge on any atom is -0.368 e. The van der Waals surface area contributed by atoms with Crippen LogP contribution in [0.5, 0.6) is 0 Å². The van der Waals surface area contributed by atoms with Gasteiger partial charge in [-0.05, 0) is 18.3 Å². The molecule has 1 saturated carbocycles. The second-order valence-electron chi connectivity index (χ2n) is 5.53. The quantitative estimate of drug-likeness (QED) is 0.857. The highest BCUT2D eigenvalue weighted by Gasteiger charge is 2.28. The van der Waals surface area contributed by atoms with Gasteiger partial charge in [0.1, 0.15) is 12.7 Å². The lowest BCUT2D eigenvalue weighted by Gasteiger charge is -2.23. The first-order valence-electron chi connectivity index (χ1n) is 6.75. The standard InChI is InChI=1S/C12H18N8/c1-12(4-2-3-5-12)6-15-10-17-9(13)18-11(19-10)20-8-14-7-16-20/h7-8H,2-6H2,1H3,(H3,13,15,17,18,19). The van der Waals surface area contributed by atoms with E-state index in [0.29, 0.717) is 17.3 Å². The molecule has 3 rings (SSSR count). The van der Waals surface area contributed by atoms with Gasteiger partial charge in [0.15, 0.2) is 0 Å². The van der Waals surface area contributed by atoms with Crippen molar-refractivity contribution < 1.29 is 0 Å². The summed E-state index contributed by atoms with van der Waals surface area (Å²) in [6.07, 6.45) is 8.00. The summed E-state index contributed by atoms with van der Waals surface area (Å²) >= 11 is 0. The number of nitrogens with two attached hydrogens (primary N) is 1. The zero-order valence-corrected chi connectivity index (χ0v) is 11.5. The number of hydrogen-bond donors (Lipinski definition) is 2. The average Bonchev–Trinajstić information content (AvgIpc) is 3.08. The summed E-state index contributed by atoms with van der Waals surface area (Å²) in [6, 6.07) is 0. The Morgan fingerprint density at radius 1 is 1.30 bits per heavy atom. The Morgan fingerprint density at radius 3 is 2.80 bits per heavy atom. The molecule has 0 spiro atoms. The molecule has 0 saturated heterocycles. The van der Waals surface area contributed by atoms with Crippen LogP contribution in [-0.4, -0.2) is 36.3 Å². The number of hydrogen-bond acceptors (Lipinski definition) is 7. The Labute approximate surface area is 116 Å². The second kappa shape index (κ2) is 5.03. The molecule has 0 amide bonds. The first-order valence-corrected chi connectivity index (χ1v) is 6.75. The van der Waals surface area contributed by atoms with Crippen LogP contribution in [0.3, 0.4) is 0 Å². The molecule has 1 aliphatic rings. The molecule has 0 aromatic carbocycles. The molecule has 1 fully saturated rings. The van der Waals surface area contributed by atoms with Crippen molar-refractivity contribution in [3.05, 3.63) is 12.7 Å². The fourth-order valence-corrected chi connectivity index (χ4v) is 2.57. The number of nitrogens with zero attached hydrogens (tertiary/aromatic N) is 6. The summed E-state index contributed by atoms with van der Waals surface area (Å²) in [5.41, 5.74) is 6.03. The largest absolute Gasteiger partial charge is 0.368 e. The Hall–Kier alpha value is -2.25. The Bertz CT molecular complexity index is 573. The van der Waals surface area contributed by atoms with Gasteiger partial charge in [-0.2, -0.15) is 24.7 Å². The van der Waals surface area contributed by atoms with Gasteiger partial charge in [-0.25, -0.2) is 4.98 Å². The third-order valence-corrected chi connectivity index (χ3v) is 3.75. The van der Waals surface area contributed by atoms with E-state index >= 15 is 0 Å². The fraction of sp³-hybridized carbons (Fsp3) is 0.583. The van der Waals surface area contributed by atoms with E-state index in [1.165, 1.54) is 43.0 Å². The van der Waals surface area contributed by atoms with Crippen molar-refractivity contribution >= 4 is 11.9 Å². The SMILES string of the molecule is CC1(CNc2nc(N)nc(-n3cncn3)n2)CCCC1. The molecule has 0 unspecified atom stereocenters. The zero-order chi connectivity index (χ0) is 14.0. The lowest BCUT2D eigenvalue weighted by molar-refractivity contribution is 0.361. The van der Waals surface area contributed by atoms with Crippen LogP contribution in [0.2, 0.25) is 0 Å². The highest BCUT2D eigenvalue weighted by atomic mass is 15.4. The maximum absolute atomic E-state index is 5.72. The Morgan fingerprint density at radius 2 is 2.10 bits per heavy atom. The number of aromatic nitrogens is 6. The van der Waals surface area contributed by atoms with Crippen LogP contribution in [-0.2, 0) is 0 Å². The molecule has 2 aromatic heterocycles. The number of nitrogen functional groups attached to an aromatic ring is 1. The third kappa shape index (κ3) is 2.68. The summed E-state index contributed by atoms with van der Waals surface area (Å²) in [5.74, 6) is 1.02. The highest BCUT2D eigenvalue weighted by Crippen LogP contribution is 2.37. The maximum atomic E-state index is 5.72. The van der Waals surface area contributed by atoms with Crippen LogP contribution >= 0.6 is 0 Å². The smallest absolute Gasteiger partial charge is 0.258 e. The van der Waals surface area contributed by atoms with E-state index in [0.717, 1.165) is 6.54 Å². The highest BCUT2D eigenvalue weighted by molar-refractivity contribution is 5.34. The van der Waals surface area contributed by atoms with Crippen LogP contribution in [0.4, 0.5) is 11.9 Å². The molecule has 8 nitrogen and oxygen atoms in total. The fourth-order valence-electron chi connectivity index (χ4n) is 2.57. The molecule has 1 aliphatic carbocycles. The zero-order valence-electron chi connectivity index (χ0n) is 11.5. The number of anilines is 2. The van der Waals surface area contributed by atoms with Gasteiger partial charge in [0.25, 0.3) is 5.95 Å². The van der Waals surface area contributed by atoms with Crippen LogP contribution in [0.1, 0.15) is 32.6 Å². The van der Waals surface area contributed by atoms with Crippen molar-refractivity contribution in [2.24, 2.45) is 5.41 Å². The van der Waals surface area contributed by atoms with Crippen molar-refractivity contribution in [3.8, 4) is 5.95 Å². The van der Waals surface area contributed by atoms with E-state index in [1.54, 1.807) is 0 Å². The third-order valence-electron chi connectivity index (χ3n) is 3.75. The molecule has 0 bridgehead atoms. The summed E-state index contributed by atoms with van der Waals surface area (Å²) in [6.45, 7) is 3.13. The molecule has 0 aliphatic heterocycles. The van der Waals surface area contributed by atoms with E-state index < -0.39 is 0 Å². The van der Waals surface area contributed by atoms with Gasteiger partial charge in [-0.1, -0.05) is 19.8 Å². The molecule has 106 valence electrons. The van der Waals surface area contributed by atoms with Crippen molar-refractivity contribution in [2.45, 2.75) is 32.6 Å².